The predicted molar refractivity (Wildman–Crippen MR) is 141 cm³/mol. The van der Waals surface area contributed by atoms with Crippen LogP contribution in [0.5, 0.6) is 5.75 Å². The first kappa shape index (κ1) is 28.4. The van der Waals surface area contributed by atoms with Gasteiger partial charge in [0, 0.05) is 71.2 Å². The van der Waals surface area contributed by atoms with Crippen molar-refractivity contribution in [1.82, 2.24) is 14.7 Å². The minimum Gasteiger partial charge on any atom is -0.492 e. The van der Waals surface area contributed by atoms with E-state index >= 15 is 0 Å². The molecular weight excluding hydrogens is 442 g/mol. The standard InChI is InChI=1S/C28H49N3O4/c1-24-6-7-28(35-19-14-30-12-10-29(3)11-13-30)26(22-24)27-23-25(2)8-9-31(27)15-18-33-16-5-17-34-21-20-32-4/h6-7,22,25,27H,5,8-21,23H2,1-4H3/t25-,27?/m1/s1. The molecule has 1 unspecified atom stereocenters. The van der Waals surface area contributed by atoms with E-state index in [2.05, 4.69) is 53.8 Å². The molecule has 2 aliphatic rings. The lowest BCUT2D eigenvalue weighted by Crippen LogP contribution is -2.45. The van der Waals surface area contributed by atoms with Crippen LogP contribution in [0.3, 0.4) is 0 Å². The SMILES string of the molecule is COCCOCCCOCCN1CC[C@@H](C)CC1c1cc(C)ccc1OCCN1CCN(C)CC1. The Morgan fingerprint density at radius 3 is 2.43 bits per heavy atom. The second-order valence-corrected chi connectivity index (χ2v) is 10.3. The fraction of sp³-hybridized carbons (Fsp3) is 0.786. The van der Waals surface area contributed by atoms with Crippen LogP contribution in [0.4, 0.5) is 0 Å². The minimum atomic E-state index is 0.387. The Morgan fingerprint density at radius 2 is 1.66 bits per heavy atom. The first-order valence-corrected chi connectivity index (χ1v) is 13.6. The summed E-state index contributed by atoms with van der Waals surface area (Å²) in [4.78, 5) is 7.52. The number of hydrogen-bond donors (Lipinski definition) is 0. The Bertz CT molecular complexity index is 711. The lowest BCUT2D eigenvalue weighted by molar-refractivity contribution is 0.0359. The number of nitrogens with zero attached hydrogens (tertiary/aromatic N) is 3. The normalized spacial score (nSPS) is 22.5. The highest BCUT2D eigenvalue weighted by Gasteiger charge is 2.29. The van der Waals surface area contributed by atoms with Crippen molar-refractivity contribution in [2.75, 3.05) is 99.6 Å². The van der Waals surface area contributed by atoms with Gasteiger partial charge in [0.25, 0.3) is 0 Å². The summed E-state index contributed by atoms with van der Waals surface area (Å²) in [6.45, 7) is 16.5. The van der Waals surface area contributed by atoms with Crippen LogP contribution in [0.2, 0.25) is 0 Å². The zero-order chi connectivity index (χ0) is 24.9. The van der Waals surface area contributed by atoms with Gasteiger partial charge in [0.2, 0.25) is 0 Å². The van der Waals surface area contributed by atoms with Gasteiger partial charge in [0.15, 0.2) is 0 Å². The summed E-state index contributed by atoms with van der Waals surface area (Å²) < 4.78 is 22.9. The van der Waals surface area contributed by atoms with Crippen LogP contribution in [-0.4, -0.2) is 114 Å². The summed E-state index contributed by atoms with van der Waals surface area (Å²) >= 11 is 0. The molecule has 1 aromatic carbocycles. The van der Waals surface area contributed by atoms with Gasteiger partial charge in [-0.15, -0.1) is 0 Å². The fourth-order valence-corrected chi connectivity index (χ4v) is 4.99. The average molecular weight is 492 g/mol. The van der Waals surface area contributed by atoms with Crippen LogP contribution < -0.4 is 4.74 Å². The molecule has 2 aliphatic heterocycles. The van der Waals surface area contributed by atoms with E-state index < -0.39 is 0 Å². The molecule has 2 saturated heterocycles. The molecule has 3 rings (SSSR count). The van der Waals surface area contributed by atoms with Crippen LogP contribution >= 0.6 is 0 Å². The smallest absolute Gasteiger partial charge is 0.124 e. The van der Waals surface area contributed by atoms with E-state index in [0.717, 1.165) is 90.3 Å². The van der Waals surface area contributed by atoms with Gasteiger partial charge in [-0.25, -0.2) is 0 Å². The predicted octanol–water partition coefficient (Wildman–Crippen LogP) is 3.46. The second kappa shape index (κ2) is 15.8. The molecule has 0 saturated carbocycles. The molecule has 200 valence electrons. The molecule has 2 heterocycles. The fourth-order valence-electron chi connectivity index (χ4n) is 4.99. The molecule has 0 aromatic heterocycles. The van der Waals surface area contributed by atoms with Crippen LogP contribution in [0.1, 0.15) is 43.4 Å². The molecule has 0 bridgehead atoms. The van der Waals surface area contributed by atoms with Crippen molar-refractivity contribution in [2.24, 2.45) is 5.92 Å². The second-order valence-electron chi connectivity index (χ2n) is 10.3. The number of likely N-dealkylation sites (N-methyl/N-ethyl adjacent to an activating group) is 1. The number of benzene rings is 1. The summed E-state index contributed by atoms with van der Waals surface area (Å²) in [5, 5.41) is 0. The lowest BCUT2D eigenvalue weighted by Gasteiger charge is -2.39. The van der Waals surface area contributed by atoms with E-state index in [1.807, 2.05) is 0 Å². The summed E-state index contributed by atoms with van der Waals surface area (Å²) in [7, 11) is 3.90. The molecule has 0 aliphatic carbocycles. The quantitative estimate of drug-likeness (QED) is 0.348. The van der Waals surface area contributed by atoms with Gasteiger partial charge in [0.05, 0.1) is 19.8 Å². The Hall–Kier alpha value is -1.22. The number of ether oxygens (including phenoxy) is 4. The highest BCUT2D eigenvalue weighted by atomic mass is 16.5. The van der Waals surface area contributed by atoms with Crippen molar-refractivity contribution >= 4 is 0 Å². The van der Waals surface area contributed by atoms with Gasteiger partial charge in [-0.1, -0.05) is 24.6 Å². The van der Waals surface area contributed by atoms with Gasteiger partial charge in [-0.2, -0.15) is 0 Å². The maximum Gasteiger partial charge on any atom is 0.124 e. The number of rotatable bonds is 15. The number of aryl methyl sites for hydroxylation is 1. The van der Waals surface area contributed by atoms with Gasteiger partial charge in [0.1, 0.15) is 12.4 Å². The van der Waals surface area contributed by atoms with Gasteiger partial charge < -0.3 is 23.8 Å². The highest BCUT2D eigenvalue weighted by Crippen LogP contribution is 2.38. The molecule has 7 heteroatoms. The molecule has 0 spiro atoms. The third-order valence-electron chi connectivity index (χ3n) is 7.29. The van der Waals surface area contributed by atoms with E-state index in [4.69, 9.17) is 18.9 Å². The first-order chi connectivity index (χ1) is 17.1. The lowest BCUT2D eigenvalue weighted by atomic mass is 9.87. The average Bonchev–Trinajstić information content (AvgIpc) is 2.86. The third-order valence-corrected chi connectivity index (χ3v) is 7.29. The number of piperazine rings is 1. The number of hydrogen-bond acceptors (Lipinski definition) is 7. The highest BCUT2D eigenvalue weighted by molar-refractivity contribution is 5.39. The molecular formula is C28H49N3O4. The minimum absolute atomic E-state index is 0.387. The molecule has 2 fully saturated rings. The van der Waals surface area contributed by atoms with E-state index in [-0.39, 0.29) is 0 Å². The van der Waals surface area contributed by atoms with Crippen LogP contribution in [0, 0.1) is 12.8 Å². The molecule has 0 amide bonds. The van der Waals surface area contributed by atoms with Crippen molar-refractivity contribution < 1.29 is 18.9 Å². The Morgan fingerprint density at radius 1 is 0.886 bits per heavy atom. The van der Waals surface area contributed by atoms with Crippen molar-refractivity contribution in [1.29, 1.82) is 0 Å². The number of piperidine rings is 1. The first-order valence-electron chi connectivity index (χ1n) is 13.6. The van der Waals surface area contributed by atoms with Crippen molar-refractivity contribution in [3.8, 4) is 5.75 Å². The summed E-state index contributed by atoms with van der Waals surface area (Å²) in [5.74, 6) is 1.78. The molecule has 0 N–H and O–H groups in total. The van der Waals surface area contributed by atoms with Gasteiger partial charge >= 0.3 is 0 Å². The number of likely N-dealkylation sites (tertiary alicyclic amines) is 1. The van der Waals surface area contributed by atoms with Crippen LogP contribution in [0.25, 0.3) is 0 Å². The molecule has 0 radical (unpaired) electrons. The Kier molecular flexibility index (Phi) is 12.8. The molecule has 7 nitrogen and oxygen atoms in total. The van der Waals surface area contributed by atoms with Crippen molar-refractivity contribution in [3.05, 3.63) is 29.3 Å². The summed E-state index contributed by atoms with van der Waals surface area (Å²) in [6.07, 6.45) is 3.34. The molecule has 2 atom stereocenters. The van der Waals surface area contributed by atoms with E-state index in [9.17, 15) is 0 Å². The van der Waals surface area contributed by atoms with Crippen LogP contribution in [-0.2, 0) is 14.2 Å². The number of methoxy groups -OCH3 is 1. The maximum absolute atomic E-state index is 6.42. The van der Waals surface area contributed by atoms with Crippen LogP contribution in [0.15, 0.2) is 18.2 Å². The van der Waals surface area contributed by atoms with Gasteiger partial charge in [-0.3, -0.25) is 9.80 Å². The van der Waals surface area contributed by atoms with E-state index in [0.29, 0.717) is 19.3 Å². The zero-order valence-corrected chi connectivity index (χ0v) is 22.7. The summed E-state index contributed by atoms with van der Waals surface area (Å²) in [5.41, 5.74) is 2.65. The Labute approximate surface area is 213 Å². The Balaban J connectivity index is 1.50. The van der Waals surface area contributed by atoms with Gasteiger partial charge in [-0.05, 0) is 51.8 Å². The molecule has 1 aromatic rings. The van der Waals surface area contributed by atoms with Crippen molar-refractivity contribution in [2.45, 2.75) is 39.2 Å². The third kappa shape index (κ3) is 9.98. The van der Waals surface area contributed by atoms with E-state index in [1.54, 1.807) is 7.11 Å². The monoisotopic (exact) mass is 491 g/mol. The van der Waals surface area contributed by atoms with Crippen molar-refractivity contribution in [3.63, 3.8) is 0 Å². The largest absolute Gasteiger partial charge is 0.492 e. The van der Waals surface area contributed by atoms with E-state index in [1.165, 1.54) is 24.0 Å². The maximum atomic E-state index is 6.42. The summed E-state index contributed by atoms with van der Waals surface area (Å²) in [6, 6.07) is 7.10. The topological polar surface area (TPSA) is 46.6 Å². The zero-order valence-electron chi connectivity index (χ0n) is 22.7. The molecule has 35 heavy (non-hydrogen) atoms.